The fourth-order valence-electron chi connectivity index (χ4n) is 0.469. The number of carbonyl (C=O) groups is 1. The van der Waals surface area contributed by atoms with Crippen LogP contribution in [-0.2, 0) is 8.98 Å². The maximum Gasteiger partial charge on any atom is 1.00 e. The minimum atomic E-state index is -0.382. The molecule has 7 heteroatoms. The summed E-state index contributed by atoms with van der Waals surface area (Å²) in [4.78, 5) is 11.0. The van der Waals surface area contributed by atoms with Crippen molar-refractivity contribution in [3.8, 4) is 0 Å². The molecule has 0 spiro atoms. The van der Waals surface area contributed by atoms with Crippen molar-refractivity contribution >= 4 is 29.6 Å². The van der Waals surface area contributed by atoms with Crippen molar-refractivity contribution in [2.75, 3.05) is 0 Å². The van der Waals surface area contributed by atoms with Crippen LogP contribution in [0.5, 0.6) is 0 Å². The number of nitrogens with zero attached hydrogens (tertiary/aromatic N) is 2. The van der Waals surface area contributed by atoms with E-state index in [1.54, 1.807) is 6.07 Å². The quantitative estimate of drug-likeness (QED) is 0.471. The molecule has 4 nitrogen and oxygen atoms in total. The average molecular weight is 229 g/mol. The van der Waals surface area contributed by atoms with Crippen LogP contribution in [0.25, 0.3) is 0 Å². The van der Waals surface area contributed by atoms with Crippen LogP contribution in [0.2, 0.25) is 5.15 Å². The van der Waals surface area contributed by atoms with E-state index in [2.05, 4.69) is 14.4 Å². The predicted molar refractivity (Wildman–Crippen MR) is 45.8 cm³/mol. The third-order valence-corrected chi connectivity index (χ3v) is 2.11. The van der Waals surface area contributed by atoms with Crippen LogP contribution in [0.1, 0.15) is 8.35 Å². The van der Waals surface area contributed by atoms with Crippen LogP contribution in [0.4, 0.5) is 0 Å². The summed E-state index contributed by atoms with van der Waals surface area (Å²) in [6.07, 6.45) is 1.47. The van der Waals surface area contributed by atoms with E-state index in [-0.39, 0.29) is 42.1 Å². The molecule has 0 radical (unpaired) electrons. The van der Waals surface area contributed by atoms with Gasteiger partial charge in [-0.15, -0.1) is 5.10 Å². The Kier molecular flexibility index (Phi) is 6.71. The summed E-state index contributed by atoms with van der Waals surface area (Å²) in [6, 6.07) is 1.61. The minimum Gasteiger partial charge on any atom is -1.00 e. The first kappa shape index (κ1) is 13.2. The molecule has 1 aromatic heterocycles. The Balaban J connectivity index is 0. The molecule has 0 aromatic carbocycles. The first-order valence-electron chi connectivity index (χ1n) is 3.02. The smallest absolute Gasteiger partial charge is 1.00 e. The number of hydrogen-bond acceptors (Lipinski definition) is 5. The van der Waals surface area contributed by atoms with Crippen molar-refractivity contribution in [3.05, 3.63) is 17.4 Å². The minimum absolute atomic E-state index is 0. The summed E-state index contributed by atoms with van der Waals surface area (Å²) in [5, 5.41) is 7.32. The van der Waals surface area contributed by atoms with Crippen LogP contribution in [0, 0.1) is 0 Å². The Morgan fingerprint density at radius 3 is 3.00 bits per heavy atom. The van der Waals surface area contributed by atoms with E-state index >= 15 is 0 Å². The van der Waals surface area contributed by atoms with E-state index in [0.29, 0.717) is 4.90 Å². The number of rotatable bonds is 2. The first-order valence-corrected chi connectivity index (χ1v) is 4.14. The fourth-order valence-corrected chi connectivity index (χ4v) is 1.10. The van der Waals surface area contributed by atoms with Crippen LogP contribution in [0.15, 0.2) is 17.2 Å². The number of aromatic nitrogens is 2. The largest absolute Gasteiger partial charge is 1.00 e. The van der Waals surface area contributed by atoms with Gasteiger partial charge in [0.1, 0.15) is 0 Å². The fraction of sp³-hybridized carbons (Fsp3) is 0.167. The van der Waals surface area contributed by atoms with E-state index in [4.69, 9.17) is 11.6 Å². The Hall–Kier alpha value is 0.190. The second kappa shape index (κ2) is 6.62. The van der Waals surface area contributed by atoms with Crippen molar-refractivity contribution in [3.63, 3.8) is 0 Å². The molecule has 0 unspecified atom stereocenters. The summed E-state index contributed by atoms with van der Waals surface area (Å²) in [7, 11) is 0. The third-order valence-electron chi connectivity index (χ3n) is 0.890. The molecular weight excluding hydrogens is 223 g/mol. The Morgan fingerprint density at radius 2 is 2.46 bits per heavy atom. The molecule has 1 heterocycles. The second-order valence-electron chi connectivity index (χ2n) is 1.84. The van der Waals surface area contributed by atoms with Crippen molar-refractivity contribution in [1.29, 1.82) is 0 Å². The van der Waals surface area contributed by atoms with Gasteiger partial charge >= 0.3 is 35.5 Å². The number of halogens is 1. The number of carbonyl (C=O) groups excluding carboxylic acids is 1. The van der Waals surface area contributed by atoms with Crippen LogP contribution in [0.3, 0.4) is 0 Å². The molecule has 0 saturated carbocycles. The van der Waals surface area contributed by atoms with Crippen LogP contribution >= 0.6 is 23.6 Å². The molecular formula is C6H6ClN2NaO2S. The summed E-state index contributed by atoms with van der Waals surface area (Å²) in [5.74, 6) is -0.382. The Morgan fingerprint density at radius 1 is 1.77 bits per heavy atom. The monoisotopic (exact) mass is 228 g/mol. The molecule has 0 saturated heterocycles. The topological polar surface area (TPSA) is 52.1 Å². The van der Waals surface area contributed by atoms with E-state index in [1.807, 2.05) is 0 Å². The molecule has 0 aliphatic rings. The van der Waals surface area contributed by atoms with E-state index in [0.717, 1.165) is 12.0 Å². The van der Waals surface area contributed by atoms with Crippen molar-refractivity contribution < 1.29 is 40.0 Å². The Labute approximate surface area is 108 Å². The predicted octanol–water partition coefficient (Wildman–Crippen LogP) is -1.18. The van der Waals surface area contributed by atoms with Gasteiger partial charge in [0.25, 0.3) is 0 Å². The normalized spacial score (nSPS) is 8.77. The molecule has 0 N–H and O–H groups in total. The van der Waals surface area contributed by atoms with Crippen LogP contribution in [-0.4, -0.2) is 16.2 Å². The molecule has 0 fully saturated rings. The van der Waals surface area contributed by atoms with Gasteiger partial charge in [0.05, 0.1) is 23.1 Å². The molecule has 0 aliphatic carbocycles. The van der Waals surface area contributed by atoms with E-state index in [1.165, 1.54) is 13.1 Å². The Bertz CT molecular complexity index is 305. The maximum atomic E-state index is 10.4. The zero-order valence-corrected chi connectivity index (χ0v) is 10.7. The van der Waals surface area contributed by atoms with Gasteiger partial charge in [-0.1, -0.05) is 11.6 Å². The second-order valence-corrected chi connectivity index (χ2v) is 2.98. The van der Waals surface area contributed by atoms with Gasteiger partial charge < -0.3 is 5.61 Å². The molecule has 13 heavy (non-hydrogen) atoms. The maximum absolute atomic E-state index is 10.4. The molecule has 1 aromatic rings. The van der Waals surface area contributed by atoms with Crippen molar-refractivity contribution in [2.45, 2.75) is 11.8 Å². The van der Waals surface area contributed by atoms with Gasteiger partial charge in [0.2, 0.25) is 0 Å². The van der Waals surface area contributed by atoms with Gasteiger partial charge in [-0.25, -0.2) is 0 Å². The summed E-state index contributed by atoms with van der Waals surface area (Å²) in [5.41, 5.74) is 0. The van der Waals surface area contributed by atoms with Crippen LogP contribution < -0.4 is 29.6 Å². The van der Waals surface area contributed by atoms with Gasteiger partial charge in [0, 0.05) is 6.92 Å². The van der Waals surface area contributed by atoms with Gasteiger partial charge in [-0.3, -0.25) is 4.79 Å². The zero-order valence-electron chi connectivity index (χ0n) is 8.15. The zero-order chi connectivity index (χ0) is 8.97. The molecule has 1 rings (SSSR count). The third kappa shape index (κ3) is 4.83. The average Bonchev–Trinajstić information content (AvgIpc) is 2.03. The summed E-state index contributed by atoms with van der Waals surface area (Å²) < 4.78 is 4.63. The summed E-state index contributed by atoms with van der Waals surface area (Å²) >= 11 is 6.49. The van der Waals surface area contributed by atoms with Crippen molar-refractivity contribution in [1.82, 2.24) is 10.2 Å². The molecule has 0 aliphatic heterocycles. The number of hydrogen-bond donors (Lipinski definition) is 0. The standard InChI is InChI=1S/C6H5ClN2O2S.Na.H/c1-4(10)11-12-5-2-3-8-9-6(5)7;;/h2-3H,1H3;;/q;+1;-1. The molecule has 0 atom stereocenters. The molecule has 0 amide bonds. The van der Waals surface area contributed by atoms with Gasteiger partial charge in [0.15, 0.2) is 5.15 Å². The summed E-state index contributed by atoms with van der Waals surface area (Å²) in [6.45, 7) is 1.32. The van der Waals surface area contributed by atoms with E-state index in [9.17, 15) is 4.79 Å². The molecule has 66 valence electrons. The SMILES string of the molecule is CC(=O)OSc1ccnnc1Cl.[H-].[Na+]. The molecule has 0 bridgehead atoms. The first-order chi connectivity index (χ1) is 5.70. The van der Waals surface area contributed by atoms with Gasteiger partial charge in [-0.05, 0) is 6.07 Å². The van der Waals surface area contributed by atoms with Gasteiger partial charge in [-0.2, -0.15) is 5.10 Å². The van der Waals surface area contributed by atoms with Crippen molar-refractivity contribution in [2.24, 2.45) is 0 Å². The van der Waals surface area contributed by atoms with E-state index < -0.39 is 0 Å².